The van der Waals surface area contributed by atoms with Crippen LogP contribution < -0.4 is 5.32 Å². The van der Waals surface area contributed by atoms with Gasteiger partial charge in [-0.3, -0.25) is 4.98 Å². The molecule has 0 spiro atoms. The van der Waals surface area contributed by atoms with Crippen LogP contribution in [0.1, 0.15) is 13.8 Å². The molecule has 2 N–H and O–H groups in total. The maximum Gasteiger partial charge on any atom is 0.326 e. The van der Waals surface area contributed by atoms with Crippen LogP contribution in [0.2, 0.25) is 5.02 Å². The van der Waals surface area contributed by atoms with E-state index < -0.39 is 12.0 Å². The van der Waals surface area contributed by atoms with E-state index >= 15 is 0 Å². The summed E-state index contributed by atoms with van der Waals surface area (Å²) in [6.45, 7) is 3.67. The zero-order valence-corrected chi connectivity index (χ0v) is 9.32. The van der Waals surface area contributed by atoms with Gasteiger partial charge in [0.2, 0.25) is 0 Å². The van der Waals surface area contributed by atoms with E-state index in [2.05, 4.69) is 10.3 Å². The van der Waals surface area contributed by atoms with Gasteiger partial charge in [-0.15, -0.1) is 0 Å². The molecule has 0 amide bonds. The number of hydrogen-bond acceptors (Lipinski definition) is 3. The van der Waals surface area contributed by atoms with Gasteiger partial charge in [-0.05, 0) is 12.0 Å². The van der Waals surface area contributed by atoms with Crippen molar-refractivity contribution in [2.75, 3.05) is 5.32 Å². The number of aromatic nitrogens is 1. The van der Waals surface area contributed by atoms with Gasteiger partial charge in [-0.25, -0.2) is 4.79 Å². The van der Waals surface area contributed by atoms with Crippen molar-refractivity contribution in [3.63, 3.8) is 0 Å². The fourth-order valence-corrected chi connectivity index (χ4v) is 1.35. The molecular formula is C10H13ClN2O2. The van der Waals surface area contributed by atoms with Crippen molar-refractivity contribution in [3.8, 4) is 0 Å². The lowest BCUT2D eigenvalue weighted by atomic mass is 10.0. The van der Waals surface area contributed by atoms with Gasteiger partial charge in [0.15, 0.2) is 0 Å². The van der Waals surface area contributed by atoms with Gasteiger partial charge in [0.1, 0.15) is 6.04 Å². The minimum atomic E-state index is -0.891. The Kier molecular flexibility index (Phi) is 3.91. The van der Waals surface area contributed by atoms with Gasteiger partial charge in [-0.2, -0.15) is 0 Å². The third-order valence-corrected chi connectivity index (χ3v) is 2.32. The molecule has 0 fully saturated rings. The van der Waals surface area contributed by atoms with Crippen LogP contribution in [0.3, 0.4) is 0 Å². The molecule has 1 aromatic rings. The quantitative estimate of drug-likeness (QED) is 0.830. The fourth-order valence-electron chi connectivity index (χ4n) is 1.17. The third kappa shape index (κ3) is 3.09. The Hall–Kier alpha value is -1.29. The van der Waals surface area contributed by atoms with Crippen LogP contribution in [0, 0.1) is 5.92 Å². The molecule has 0 radical (unpaired) electrons. The highest BCUT2D eigenvalue weighted by Crippen LogP contribution is 2.21. The molecule has 4 nitrogen and oxygen atoms in total. The molecule has 82 valence electrons. The Morgan fingerprint density at radius 2 is 2.27 bits per heavy atom. The smallest absolute Gasteiger partial charge is 0.326 e. The molecule has 1 heterocycles. The van der Waals surface area contributed by atoms with Gasteiger partial charge in [-0.1, -0.05) is 25.4 Å². The second-order valence-corrected chi connectivity index (χ2v) is 3.97. The summed E-state index contributed by atoms with van der Waals surface area (Å²) in [5.41, 5.74) is 0.591. The van der Waals surface area contributed by atoms with Gasteiger partial charge >= 0.3 is 5.97 Å². The lowest BCUT2D eigenvalue weighted by molar-refractivity contribution is -0.138. The first-order valence-electron chi connectivity index (χ1n) is 4.61. The maximum absolute atomic E-state index is 10.9. The predicted octanol–water partition coefficient (Wildman–Crippen LogP) is 2.26. The summed E-state index contributed by atoms with van der Waals surface area (Å²) in [6, 6.07) is 1.01. The number of anilines is 1. The first-order valence-corrected chi connectivity index (χ1v) is 4.99. The Balaban J connectivity index is 2.84. The number of nitrogens with zero attached hydrogens (tertiary/aromatic N) is 1. The van der Waals surface area contributed by atoms with E-state index in [1.165, 1.54) is 6.20 Å². The molecule has 5 heteroatoms. The van der Waals surface area contributed by atoms with E-state index in [9.17, 15) is 4.79 Å². The van der Waals surface area contributed by atoms with E-state index in [0.29, 0.717) is 10.7 Å². The van der Waals surface area contributed by atoms with Crippen molar-refractivity contribution in [2.45, 2.75) is 19.9 Å². The van der Waals surface area contributed by atoms with Crippen LogP contribution in [-0.2, 0) is 4.79 Å². The van der Waals surface area contributed by atoms with Gasteiger partial charge < -0.3 is 10.4 Å². The van der Waals surface area contributed by atoms with Gasteiger partial charge in [0.05, 0.1) is 10.7 Å². The highest BCUT2D eigenvalue weighted by Gasteiger charge is 2.21. The lowest BCUT2D eigenvalue weighted by Crippen LogP contribution is -2.34. The third-order valence-electron chi connectivity index (χ3n) is 2.02. The Labute approximate surface area is 93.3 Å². The number of rotatable bonds is 4. The zero-order valence-electron chi connectivity index (χ0n) is 8.57. The Morgan fingerprint density at radius 3 is 2.73 bits per heavy atom. The number of carbonyl (C=O) groups is 1. The highest BCUT2D eigenvalue weighted by molar-refractivity contribution is 6.33. The molecule has 0 aliphatic heterocycles. The van der Waals surface area contributed by atoms with E-state index in [-0.39, 0.29) is 5.92 Å². The normalized spacial score (nSPS) is 12.5. The number of pyridine rings is 1. The predicted molar refractivity (Wildman–Crippen MR) is 59.1 cm³/mol. The van der Waals surface area contributed by atoms with Gasteiger partial charge in [0.25, 0.3) is 0 Å². The summed E-state index contributed by atoms with van der Waals surface area (Å²) in [7, 11) is 0. The van der Waals surface area contributed by atoms with Crippen LogP contribution in [0.15, 0.2) is 18.5 Å². The number of carboxylic acids is 1. The molecule has 0 saturated heterocycles. The Morgan fingerprint density at radius 1 is 1.60 bits per heavy atom. The average Bonchev–Trinajstić information content (AvgIpc) is 2.15. The minimum Gasteiger partial charge on any atom is -0.480 e. The van der Waals surface area contributed by atoms with E-state index in [1.807, 2.05) is 13.8 Å². The number of hydrogen-bond donors (Lipinski definition) is 2. The van der Waals surface area contributed by atoms with Gasteiger partial charge in [0, 0.05) is 12.4 Å². The standard InChI is InChI=1S/C10H13ClN2O2/c1-6(2)9(10(14)15)13-8-3-4-12-5-7(8)11/h3-6,9H,1-2H3,(H,12,13)(H,14,15)/t9-/m1/s1. The first kappa shape index (κ1) is 11.8. The van der Waals surface area contributed by atoms with Crippen molar-refractivity contribution in [2.24, 2.45) is 5.92 Å². The minimum absolute atomic E-state index is 0.0215. The summed E-state index contributed by atoms with van der Waals surface area (Å²) in [6.07, 6.45) is 3.04. The largest absolute Gasteiger partial charge is 0.480 e. The van der Waals surface area contributed by atoms with Crippen LogP contribution in [-0.4, -0.2) is 22.1 Å². The molecule has 0 bridgehead atoms. The highest BCUT2D eigenvalue weighted by atomic mass is 35.5. The monoisotopic (exact) mass is 228 g/mol. The summed E-state index contributed by atoms with van der Waals surface area (Å²) >= 11 is 5.86. The Bertz CT molecular complexity index is 355. The van der Waals surface area contributed by atoms with E-state index in [0.717, 1.165) is 0 Å². The number of nitrogens with one attached hydrogen (secondary N) is 1. The van der Waals surface area contributed by atoms with Crippen molar-refractivity contribution in [1.82, 2.24) is 4.98 Å². The topological polar surface area (TPSA) is 62.2 Å². The van der Waals surface area contributed by atoms with Crippen molar-refractivity contribution in [1.29, 1.82) is 0 Å². The summed E-state index contributed by atoms with van der Waals surface area (Å²) in [5, 5.41) is 12.3. The van der Waals surface area contributed by atoms with Crippen molar-refractivity contribution in [3.05, 3.63) is 23.5 Å². The zero-order chi connectivity index (χ0) is 11.4. The number of aliphatic carboxylic acids is 1. The molecule has 1 rings (SSSR count). The summed E-state index contributed by atoms with van der Waals surface area (Å²) < 4.78 is 0. The van der Waals surface area contributed by atoms with Crippen LogP contribution in [0.25, 0.3) is 0 Å². The summed E-state index contributed by atoms with van der Waals surface area (Å²) in [4.78, 5) is 14.8. The maximum atomic E-state index is 10.9. The summed E-state index contributed by atoms with van der Waals surface area (Å²) in [5.74, 6) is -0.912. The molecule has 1 atom stereocenters. The average molecular weight is 229 g/mol. The fraction of sp³-hybridized carbons (Fsp3) is 0.400. The van der Waals surface area contributed by atoms with Crippen LogP contribution in [0.4, 0.5) is 5.69 Å². The lowest BCUT2D eigenvalue weighted by Gasteiger charge is -2.19. The SMILES string of the molecule is CC(C)[C@@H](Nc1ccncc1Cl)C(=O)O. The van der Waals surface area contributed by atoms with E-state index in [1.54, 1.807) is 12.3 Å². The van der Waals surface area contributed by atoms with Crippen molar-refractivity contribution < 1.29 is 9.90 Å². The molecule has 0 unspecified atom stereocenters. The molecule has 0 aliphatic carbocycles. The molecular weight excluding hydrogens is 216 g/mol. The van der Waals surface area contributed by atoms with Crippen LogP contribution in [0.5, 0.6) is 0 Å². The number of carboxylic acid groups (broad SMARTS) is 1. The molecule has 0 aromatic carbocycles. The van der Waals surface area contributed by atoms with E-state index in [4.69, 9.17) is 16.7 Å². The second kappa shape index (κ2) is 4.98. The molecule has 15 heavy (non-hydrogen) atoms. The van der Waals surface area contributed by atoms with Crippen molar-refractivity contribution >= 4 is 23.3 Å². The van der Waals surface area contributed by atoms with Crippen LogP contribution >= 0.6 is 11.6 Å². The molecule has 0 aliphatic rings. The molecule has 1 aromatic heterocycles. The second-order valence-electron chi connectivity index (χ2n) is 3.56. The first-order chi connectivity index (χ1) is 7.02. The molecule has 0 saturated carbocycles. The number of halogens is 1.